The Morgan fingerprint density at radius 2 is 2.03 bits per heavy atom. The van der Waals surface area contributed by atoms with Gasteiger partial charge in [-0.1, -0.05) is 17.3 Å². The van der Waals surface area contributed by atoms with Gasteiger partial charge in [0.25, 0.3) is 5.91 Å². The lowest BCUT2D eigenvalue weighted by Crippen LogP contribution is -2.27. The number of pyridine rings is 1. The van der Waals surface area contributed by atoms with Crippen LogP contribution in [-0.2, 0) is 17.9 Å². The molecule has 0 radical (unpaired) electrons. The lowest BCUT2D eigenvalue weighted by atomic mass is 10.1. The van der Waals surface area contributed by atoms with Crippen LogP contribution < -0.4 is 10.1 Å². The predicted molar refractivity (Wildman–Crippen MR) is 105 cm³/mol. The second-order valence-electron chi connectivity index (χ2n) is 7.24. The third kappa shape index (κ3) is 5.64. The molecule has 33 heavy (non-hydrogen) atoms. The van der Waals surface area contributed by atoms with Gasteiger partial charge in [0.15, 0.2) is 5.82 Å². The minimum Gasteiger partial charge on any atom is -0.406 e. The van der Waals surface area contributed by atoms with Gasteiger partial charge >= 0.3 is 6.36 Å². The minimum atomic E-state index is -4.77. The zero-order valence-corrected chi connectivity index (χ0v) is 17.1. The molecule has 1 fully saturated rings. The number of hydrogen-bond donors (Lipinski definition) is 1. The van der Waals surface area contributed by atoms with Gasteiger partial charge in [0.05, 0.1) is 12.1 Å². The molecule has 0 aliphatic carbocycles. The van der Waals surface area contributed by atoms with E-state index in [0.29, 0.717) is 17.5 Å². The molecule has 1 aliphatic heterocycles. The Morgan fingerprint density at radius 1 is 1.24 bits per heavy atom. The topological polar surface area (TPSA) is 110 Å². The number of aromatic nitrogens is 3. The fourth-order valence-electron chi connectivity index (χ4n) is 3.41. The summed E-state index contributed by atoms with van der Waals surface area (Å²) in [5.74, 6) is -0.352. The number of benzene rings is 1. The lowest BCUT2D eigenvalue weighted by molar-refractivity contribution is -0.274. The van der Waals surface area contributed by atoms with Gasteiger partial charge in [0.2, 0.25) is 11.8 Å². The van der Waals surface area contributed by atoms with Crippen LogP contribution in [0.4, 0.5) is 13.2 Å². The summed E-state index contributed by atoms with van der Waals surface area (Å²) in [7, 11) is 0. The van der Waals surface area contributed by atoms with Gasteiger partial charge in [0.1, 0.15) is 11.8 Å². The normalized spacial score (nSPS) is 16.2. The molecule has 4 rings (SSSR count). The van der Waals surface area contributed by atoms with E-state index in [2.05, 4.69) is 25.2 Å². The average Bonchev–Trinajstić information content (AvgIpc) is 3.40. The summed E-state index contributed by atoms with van der Waals surface area (Å²) in [4.78, 5) is 34.2. The molecule has 2 amide bonds. The third-order valence-corrected chi connectivity index (χ3v) is 4.94. The largest absolute Gasteiger partial charge is 0.573 e. The zero-order chi connectivity index (χ0) is 23.4. The maximum atomic E-state index is 12.4. The summed E-state index contributed by atoms with van der Waals surface area (Å²) < 4.78 is 46.1. The SMILES string of the molecule is O=C(NCc1noc([C@@H]2CCC(=O)N2Cc2ccc(OC(F)(F)F)cc2)n1)c1cccnc1. The second-order valence-corrected chi connectivity index (χ2v) is 7.24. The molecule has 1 aromatic carbocycles. The van der Waals surface area contributed by atoms with E-state index in [4.69, 9.17) is 4.52 Å². The Bertz CT molecular complexity index is 1120. The number of carbonyl (C=O) groups is 2. The molecular weight excluding hydrogens is 443 g/mol. The molecule has 0 saturated carbocycles. The average molecular weight is 461 g/mol. The molecule has 12 heteroatoms. The van der Waals surface area contributed by atoms with Gasteiger partial charge in [-0.2, -0.15) is 4.98 Å². The summed E-state index contributed by atoms with van der Waals surface area (Å²) in [6, 6.07) is 8.08. The van der Waals surface area contributed by atoms with Crippen LogP contribution in [0.3, 0.4) is 0 Å². The van der Waals surface area contributed by atoms with E-state index in [-0.39, 0.29) is 48.8 Å². The lowest BCUT2D eigenvalue weighted by Gasteiger charge is -2.22. The quantitative estimate of drug-likeness (QED) is 0.576. The number of nitrogens with one attached hydrogen (secondary N) is 1. The van der Waals surface area contributed by atoms with Crippen LogP contribution >= 0.6 is 0 Å². The van der Waals surface area contributed by atoms with E-state index in [1.54, 1.807) is 18.3 Å². The Morgan fingerprint density at radius 3 is 2.73 bits per heavy atom. The van der Waals surface area contributed by atoms with Crippen LogP contribution in [0, 0.1) is 0 Å². The highest BCUT2D eigenvalue weighted by Crippen LogP contribution is 2.33. The van der Waals surface area contributed by atoms with Crippen LogP contribution in [0.15, 0.2) is 53.3 Å². The van der Waals surface area contributed by atoms with Crippen molar-refractivity contribution in [1.82, 2.24) is 25.3 Å². The minimum absolute atomic E-state index is 0.0264. The van der Waals surface area contributed by atoms with Crippen LogP contribution in [-0.4, -0.2) is 38.2 Å². The molecule has 3 aromatic rings. The molecule has 1 aliphatic rings. The number of amides is 2. The first-order chi connectivity index (χ1) is 15.8. The van der Waals surface area contributed by atoms with Crippen LogP contribution in [0.1, 0.15) is 46.5 Å². The highest BCUT2D eigenvalue weighted by atomic mass is 19.4. The molecule has 9 nitrogen and oxygen atoms in total. The number of hydrogen-bond acceptors (Lipinski definition) is 7. The number of rotatable bonds is 7. The predicted octanol–water partition coefficient (Wildman–Crippen LogP) is 3.16. The number of nitrogens with zero attached hydrogens (tertiary/aromatic N) is 4. The third-order valence-electron chi connectivity index (χ3n) is 4.94. The highest BCUT2D eigenvalue weighted by molar-refractivity contribution is 5.93. The van der Waals surface area contributed by atoms with E-state index in [9.17, 15) is 22.8 Å². The van der Waals surface area contributed by atoms with E-state index in [1.165, 1.54) is 35.4 Å². The van der Waals surface area contributed by atoms with Crippen molar-refractivity contribution in [3.05, 3.63) is 71.6 Å². The summed E-state index contributed by atoms with van der Waals surface area (Å²) in [5.41, 5.74) is 1.01. The molecule has 172 valence electrons. The van der Waals surface area contributed by atoms with Crippen molar-refractivity contribution in [1.29, 1.82) is 0 Å². The number of likely N-dealkylation sites (tertiary alicyclic amines) is 1. The maximum Gasteiger partial charge on any atom is 0.573 e. The Labute approximate surface area is 185 Å². The fourth-order valence-corrected chi connectivity index (χ4v) is 3.41. The molecule has 0 spiro atoms. The molecule has 0 bridgehead atoms. The Hall–Kier alpha value is -3.96. The monoisotopic (exact) mass is 461 g/mol. The molecule has 1 atom stereocenters. The number of carbonyl (C=O) groups excluding carboxylic acids is 2. The first kappa shape index (κ1) is 22.2. The summed E-state index contributed by atoms with van der Waals surface area (Å²) in [6.45, 7) is 0.184. The first-order valence-corrected chi connectivity index (χ1v) is 9.93. The fraction of sp³-hybridized carbons (Fsp3) is 0.286. The second kappa shape index (κ2) is 9.27. The van der Waals surface area contributed by atoms with Crippen molar-refractivity contribution in [3.8, 4) is 5.75 Å². The van der Waals surface area contributed by atoms with Crippen molar-refractivity contribution in [2.45, 2.75) is 38.3 Å². The zero-order valence-electron chi connectivity index (χ0n) is 17.1. The molecule has 3 heterocycles. The number of ether oxygens (including phenoxy) is 1. The molecule has 1 saturated heterocycles. The van der Waals surface area contributed by atoms with Crippen molar-refractivity contribution >= 4 is 11.8 Å². The van der Waals surface area contributed by atoms with Crippen LogP contribution in [0.5, 0.6) is 5.75 Å². The van der Waals surface area contributed by atoms with Crippen molar-refractivity contribution in [3.63, 3.8) is 0 Å². The van der Waals surface area contributed by atoms with Crippen molar-refractivity contribution < 1.29 is 32.0 Å². The molecule has 0 unspecified atom stereocenters. The Kier molecular flexibility index (Phi) is 6.24. The van der Waals surface area contributed by atoms with Crippen LogP contribution in [0.2, 0.25) is 0 Å². The van der Waals surface area contributed by atoms with E-state index in [1.807, 2.05) is 0 Å². The van der Waals surface area contributed by atoms with E-state index < -0.39 is 12.4 Å². The van der Waals surface area contributed by atoms with E-state index in [0.717, 1.165) is 0 Å². The van der Waals surface area contributed by atoms with Crippen LogP contribution in [0.25, 0.3) is 0 Å². The standard InChI is InChI=1S/C21H18F3N5O4/c22-21(23,24)32-15-5-3-13(4-6-15)12-29-16(7-8-18(29)30)20-27-17(28-33-20)11-26-19(31)14-2-1-9-25-10-14/h1-6,9-10,16H,7-8,11-12H2,(H,26,31)/t16-/m0/s1. The van der Waals surface area contributed by atoms with Gasteiger partial charge in [0, 0.05) is 25.4 Å². The van der Waals surface area contributed by atoms with Gasteiger partial charge < -0.3 is 19.5 Å². The molecule has 2 aromatic heterocycles. The van der Waals surface area contributed by atoms with E-state index >= 15 is 0 Å². The maximum absolute atomic E-state index is 12.4. The molecular formula is C21H18F3N5O4. The Balaban J connectivity index is 1.39. The number of halogens is 3. The summed E-state index contributed by atoms with van der Waals surface area (Å²) in [5, 5.41) is 6.53. The number of alkyl halides is 3. The van der Waals surface area contributed by atoms with Gasteiger partial charge in [-0.25, -0.2) is 0 Å². The van der Waals surface area contributed by atoms with Gasteiger partial charge in [-0.05, 0) is 36.2 Å². The first-order valence-electron chi connectivity index (χ1n) is 9.93. The smallest absolute Gasteiger partial charge is 0.406 e. The van der Waals surface area contributed by atoms with Gasteiger partial charge in [-0.15, -0.1) is 13.2 Å². The summed E-state index contributed by atoms with van der Waals surface area (Å²) in [6.07, 6.45) is -1.06. The van der Waals surface area contributed by atoms with Gasteiger partial charge in [-0.3, -0.25) is 14.6 Å². The highest BCUT2D eigenvalue weighted by Gasteiger charge is 2.36. The van der Waals surface area contributed by atoms with Crippen molar-refractivity contribution in [2.24, 2.45) is 0 Å². The van der Waals surface area contributed by atoms with Crippen molar-refractivity contribution in [2.75, 3.05) is 0 Å². The molecule has 1 N–H and O–H groups in total. The summed E-state index contributed by atoms with van der Waals surface area (Å²) >= 11 is 0.